The van der Waals surface area contributed by atoms with Gasteiger partial charge in [-0.1, -0.05) is 34.1 Å². The molecule has 0 aliphatic carbocycles. The number of rotatable bonds is 5. The van der Waals surface area contributed by atoms with Crippen LogP contribution in [0.4, 0.5) is 18.9 Å². The number of nitrogens with one attached hydrogen (secondary N) is 1. The average molecular weight is 472 g/mol. The van der Waals surface area contributed by atoms with Crippen LogP contribution < -0.4 is 5.32 Å². The first-order chi connectivity index (χ1) is 13.2. The van der Waals surface area contributed by atoms with Crippen molar-refractivity contribution in [3.8, 4) is 0 Å². The Morgan fingerprint density at radius 1 is 1.25 bits per heavy atom. The standard InChI is InChI=1S/C17H13BrF3N5OS/c1-26-16(23-24-25-26)28-14-6-5-12(18)9-13(14)22-15(27)8-10-3-2-4-11(7-10)17(19,20)21/h2-7,9H,8H2,1H3,(H,22,27). The zero-order chi connectivity index (χ0) is 20.3. The molecular weight excluding hydrogens is 459 g/mol. The number of nitrogens with zero attached hydrogens (tertiary/aromatic N) is 4. The smallest absolute Gasteiger partial charge is 0.325 e. The Kier molecular flexibility index (Phi) is 6.04. The fourth-order valence-electron chi connectivity index (χ4n) is 2.33. The van der Waals surface area contributed by atoms with E-state index in [4.69, 9.17) is 0 Å². The largest absolute Gasteiger partial charge is 0.416 e. The van der Waals surface area contributed by atoms with E-state index in [1.165, 1.54) is 28.6 Å². The third-order valence-corrected chi connectivity index (χ3v) is 5.21. The van der Waals surface area contributed by atoms with Crippen LogP contribution in [-0.4, -0.2) is 26.1 Å². The van der Waals surface area contributed by atoms with Gasteiger partial charge in [0.05, 0.1) is 17.7 Å². The molecule has 0 saturated carbocycles. The average Bonchev–Trinajstić information content (AvgIpc) is 3.01. The predicted octanol–water partition coefficient (Wildman–Crippen LogP) is 4.32. The van der Waals surface area contributed by atoms with Crippen LogP contribution in [0.25, 0.3) is 0 Å². The molecular formula is C17H13BrF3N5OS. The van der Waals surface area contributed by atoms with Gasteiger partial charge in [-0.3, -0.25) is 4.79 Å². The van der Waals surface area contributed by atoms with Crippen molar-refractivity contribution in [2.24, 2.45) is 7.05 Å². The Morgan fingerprint density at radius 3 is 2.71 bits per heavy atom. The van der Waals surface area contributed by atoms with E-state index in [1.807, 2.05) is 0 Å². The molecule has 0 radical (unpaired) electrons. The van der Waals surface area contributed by atoms with E-state index >= 15 is 0 Å². The number of benzene rings is 2. The Hall–Kier alpha value is -2.40. The summed E-state index contributed by atoms with van der Waals surface area (Å²) < 4.78 is 40.7. The molecule has 0 fully saturated rings. The quantitative estimate of drug-likeness (QED) is 0.599. The summed E-state index contributed by atoms with van der Waals surface area (Å²) in [5, 5.41) is 14.5. The monoisotopic (exact) mass is 471 g/mol. The van der Waals surface area contributed by atoms with Gasteiger partial charge in [-0.05, 0) is 52.0 Å². The number of amides is 1. The maximum atomic E-state index is 12.8. The molecule has 0 atom stereocenters. The number of halogens is 4. The molecule has 6 nitrogen and oxygen atoms in total. The summed E-state index contributed by atoms with van der Waals surface area (Å²) in [6.07, 6.45) is -4.64. The molecule has 2 aromatic carbocycles. The van der Waals surface area contributed by atoms with E-state index in [9.17, 15) is 18.0 Å². The SMILES string of the molecule is Cn1nnnc1Sc1ccc(Br)cc1NC(=O)Cc1cccc(C(F)(F)F)c1. The molecule has 3 aromatic rings. The lowest BCUT2D eigenvalue weighted by Crippen LogP contribution is -2.15. The van der Waals surface area contributed by atoms with E-state index in [-0.39, 0.29) is 12.0 Å². The van der Waals surface area contributed by atoms with Crippen molar-refractivity contribution < 1.29 is 18.0 Å². The first-order valence-electron chi connectivity index (χ1n) is 7.88. The number of hydrogen-bond acceptors (Lipinski definition) is 5. The van der Waals surface area contributed by atoms with Crippen molar-refractivity contribution in [3.05, 3.63) is 58.1 Å². The van der Waals surface area contributed by atoms with Crippen molar-refractivity contribution in [3.63, 3.8) is 0 Å². The van der Waals surface area contributed by atoms with Gasteiger partial charge < -0.3 is 5.32 Å². The minimum atomic E-state index is -4.45. The van der Waals surface area contributed by atoms with Crippen LogP contribution in [-0.2, 0) is 24.4 Å². The van der Waals surface area contributed by atoms with E-state index in [0.717, 1.165) is 16.6 Å². The number of alkyl halides is 3. The highest BCUT2D eigenvalue weighted by Crippen LogP contribution is 2.34. The highest BCUT2D eigenvalue weighted by atomic mass is 79.9. The van der Waals surface area contributed by atoms with Gasteiger partial charge >= 0.3 is 6.18 Å². The molecule has 1 N–H and O–H groups in total. The number of aryl methyl sites for hydroxylation is 1. The predicted molar refractivity (Wildman–Crippen MR) is 101 cm³/mol. The van der Waals surface area contributed by atoms with E-state index in [0.29, 0.717) is 15.7 Å². The molecule has 0 saturated heterocycles. The van der Waals surface area contributed by atoms with Crippen molar-refractivity contribution in [1.29, 1.82) is 0 Å². The summed E-state index contributed by atoms with van der Waals surface area (Å²) in [4.78, 5) is 13.1. The van der Waals surface area contributed by atoms with E-state index in [2.05, 4.69) is 36.8 Å². The summed E-state index contributed by atoms with van der Waals surface area (Å²) >= 11 is 4.60. The number of aromatic nitrogens is 4. The molecule has 146 valence electrons. The molecule has 0 spiro atoms. The van der Waals surface area contributed by atoms with Gasteiger partial charge in [-0.2, -0.15) is 13.2 Å². The molecule has 0 unspecified atom stereocenters. The fraction of sp³-hybridized carbons (Fsp3) is 0.176. The lowest BCUT2D eigenvalue weighted by Gasteiger charge is -2.12. The van der Waals surface area contributed by atoms with Gasteiger partial charge in [0.2, 0.25) is 11.1 Å². The number of carbonyl (C=O) groups is 1. The third kappa shape index (κ3) is 5.10. The summed E-state index contributed by atoms with van der Waals surface area (Å²) in [7, 11) is 1.69. The van der Waals surface area contributed by atoms with Gasteiger partial charge in [0.15, 0.2) is 0 Å². The summed E-state index contributed by atoms with van der Waals surface area (Å²) in [5.74, 6) is -0.435. The topological polar surface area (TPSA) is 72.7 Å². The lowest BCUT2D eigenvalue weighted by molar-refractivity contribution is -0.137. The van der Waals surface area contributed by atoms with Gasteiger partial charge in [0.25, 0.3) is 0 Å². The lowest BCUT2D eigenvalue weighted by atomic mass is 10.1. The molecule has 11 heteroatoms. The van der Waals surface area contributed by atoms with Crippen LogP contribution in [0.15, 0.2) is 57.0 Å². The van der Waals surface area contributed by atoms with E-state index < -0.39 is 17.6 Å². The second kappa shape index (κ2) is 8.31. The molecule has 1 amide bonds. The number of tetrazole rings is 1. The van der Waals surface area contributed by atoms with Crippen LogP contribution >= 0.6 is 27.7 Å². The van der Waals surface area contributed by atoms with Gasteiger partial charge in [0, 0.05) is 16.4 Å². The highest BCUT2D eigenvalue weighted by Gasteiger charge is 2.30. The number of carbonyl (C=O) groups excluding carboxylic acids is 1. The molecule has 28 heavy (non-hydrogen) atoms. The molecule has 0 aliphatic rings. The summed E-state index contributed by atoms with van der Waals surface area (Å²) in [6.45, 7) is 0. The Morgan fingerprint density at radius 2 is 2.04 bits per heavy atom. The first-order valence-corrected chi connectivity index (χ1v) is 9.49. The molecule has 0 bridgehead atoms. The third-order valence-electron chi connectivity index (χ3n) is 3.62. The minimum absolute atomic E-state index is 0.188. The molecule has 3 rings (SSSR count). The second-order valence-electron chi connectivity index (χ2n) is 5.75. The normalized spacial score (nSPS) is 11.5. The van der Waals surface area contributed by atoms with Crippen LogP contribution in [0.5, 0.6) is 0 Å². The maximum Gasteiger partial charge on any atom is 0.416 e. The second-order valence-corrected chi connectivity index (χ2v) is 7.68. The molecule has 0 aliphatic heterocycles. The van der Waals surface area contributed by atoms with Crippen LogP contribution in [0, 0.1) is 0 Å². The zero-order valence-electron chi connectivity index (χ0n) is 14.4. The van der Waals surface area contributed by atoms with Gasteiger partial charge in [0.1, 0.15) is 0 Å². The van der Waals surface area contributed by atoms with Crippen molar-refractivity contribution in [1.82, 2.24) is 20.2 Å². The molecule has 1 heterocycles. The van der Waals surface area contributed by atoms with Crippen molar-refractivity contribution >= 4 is 39.3 Å². The fourth-order valence-corrected chi connectivity index (χ4v) is 3.49. The number of hydrogen-bond donors (Lipinski definition) is 1. The Bertz CT molecular complexity index is 1010. The number of anilines is 1. The van der Waals surface area contributed by atoms with Crippen molar-refractivity contribution in [2.75, 3.05) is 5.32 Å². The Balaban J connectivity index is 1.77. The van der Waals surface area contributed by atoms with E-state index in [1.54, 1.807) is 25.2 Å². The highest BCUT2D eigenvalue weighted by molar-refractivity contribution is 9.10. The van der Waals surface area contributed by atoms with Crippen LogP contribution in [0.1, 0.15) is 11.1 Å². The maximum absolute atomic E-state index is 12.8. The van der Waals surface area contributed by atoms with Crippen LogP contribution in [0.2, 0.25) is 0 Å². The van der Waals surface area contributed by atoms with Crippen LogP contribution in [0.3, 0.4) is 0 Å². The van der Waals surface area contributed by atoms with Gasteiger partial charge in [-0.25, -0.2) is 4.68 Å². The molecule has 1 aromatic heterocycles. The summed E-state index contributed by atoms with van der Waals surface area (Å²) in [5.41, 5.74) is -0.0142. The van der Waals surface area contributed by atoms with Crippen molar-refractivity contribution in [2.45, 2.75) is 22.6 Å². The summed E-state index contributed by atoms with van der Waals surface area (Å²) in [6, 6.07) is 10.00. The zero-order valence-corrected chi connectivity index (χ0v) is 16.8. The first kappa shape index (κ1) is 20.3. The Labute approximate surface area is 170 Å². The minimum Gasteiger partial charge on any atom is -0.325 e. The van der Waals surface area contributed by atoms with Gasteiger partial charge in [-0.15, -0.1) is 5.10 Å².